The molecule has 1 N–H and O–H groups in total. The van der Waals surface area contributed by atoms with Crippen molar-refractivity contribution in [2.75, 3.05) is 6.54 Å². The lowest BCUT2D eigenvalue weighted by atomic mass is 9.71. The molecule has 0 aromatic carbocycles. The first kappa shape index (κ1) is 17.0. The lowest BCUT2D eigenvalue weighted by molar-refractivity contribution is -0.161. The molecule has 5 heteroatoms. The van der Waals surface area contributed by atoms with Gasteiger partial charge in [-0.2, -0.15) is 0 Å². The summed E-state index contributed by atoms with van der Waals surface area (Å²) in [5.41, 5.74) is -2.17. The number of furan rings is 1. The minimum absolute atomic E-state index is 0.240. The van der Waals surface area contributed by atoms with E-state index in [1.807, 2.05) is 26.0 Å². The summed E-state index contributed by atoms with van der Waals surface area (Å²) in [7, 11) is 0. The number of rotatable bonds is 7. The van der Waals surface area contributed by atoms with Gasteiger partial charge in [0.1, 0.15) is 11.3 Å². The van der Waals surface area contributed by atoms with Crippen molar-refractivity contribution in [1.29, 1.82) is 0 Å². The van der Waals surface area contributed by atoms with Gasteiger partial charge in [-0.1, -0.05) is 32.8 Å². The lowest BCUT2D eigenvalue weighted by Crippen LogP contribution is -2.66. The van der Waals surface area contributed by atoms with Gasteiger partial charge < -0.3 is 9.52 Å². The molecule has 0 amide bonds. The summed E-state index contributed by atoms with van der Waals surface area (Å²) in [4.78, 5) is 19.6. The molecule has 3 rings (SSSR count). The first-order valence-electron chi connectivity index (χ1n) is 8.89. The standard InChI is InChI=1S/C19H26N2O3/c1-3-18(12-8-13-20-18)19(17(22)23,16-11-7-14-24-16)21(4-2)15-9-5-6-10-15/h7-8,11-15H,3-6,9-10H2,1-2H3,(H,22,23). The second-order valence-electron chi connectivity index (χ2n) is 6.63. The van der Waals surface area contributed by atoms with E-state index in [1.165, 1.54) is 0 Å². The molecule has 0 saturated heterocycles. The van der Waals surface area contributed by atoms with Crippen molar-refractivity contribution in [3.63, 3.8) is 0 Å². The molecule has 0 spiro atoms. The molecule has 1 aliphatic carbocycles. The van der Waals surface area contributed by atoms with Gasteiger partial charge in [-0.05, 0) is 44.0 Å². The molecule has 1 aromatic heterocycles. The van der Waals surface area contributed by atoms with Crippen molar-refractivity contribution in [2.45, 2.75) is 63.1 Å². The van der Waals surface area contributed by atoms with E-state index in [0.717, 1.165) is 25.7 Å². The van der Waals surface area contributed by atoms with Crippen LogP contribution in [0.1, 0.15) is 51.7 Å². The molecule has 2 unspecified atom stereocenters. The maximum Gasteiger partial charge on any atom is 0.335 e. The fourth-order valence-corrected chi connectivity index (χ4v) is 4.59. The second-order valence-corrected chi connectivity index (χ2v) is 6.63. The van der Waals surface area contributed by atoms with E-state index in [9.17, 15) is 9.90 Å². The van der Waals surface area contributed by atoms with Crippen LogP contribution in [0.2, 0.25) is 0 Å². The number of carbonyl (C=O) groups is 1. The Bertz CT molecular complexity index is 617. The number of nitrogens with zero attached hydrogens (tertiary/aromatic N) is 2. The fraction of sp³-hybridized carbons (Fsp3) is 0.579. The molecule has 24 heavy (non-hydrogen) atoms. The van der Waals surface area contributed by atoms with E-state index in [0.29, 0.717) is 18.7 Å². The molecule has 1 saturated carbocycles. The average Bonchev–Trinajstić information content (AvgIpc) is 3.34. The Hall–Kier alpha value is -1.88. The van der Waals surface area contributed by atoms with Gasteiger partial charge >= 0.3 is 5.97 Å². The van der Waals surface area contributed by atoms with Crippen LogP contribution in [0.5, 0.6) is 0 Å². The number of hydrogen-bond donors (Lipinski definition) is 1. The largest absolute Gasteiger partial charge is 0.479 e. The Morgan fingerprint density at radius 1 is 1.46 bits per heavy atom. The number of likely N-dealkylation sites (N-methyl/N-ethyl adjacent to an activating group) is 1. The van der Waals surface area contributed by atoms with Gasteiger partial charge in [0.05, 0.1) is 6.26 Å². The highest BCUT2D eigenvalue weighted by molar-refractivity contribution is 5.86. The van der Waals surface area contributed by atoms with Gasteiger partial charge in [0, 0.05) is 12.3 Å². The summed E-state index contributed by atoms with van der Waals surface area (Å²) in [6.07, 6.45) is 12.0. The van der Waals surface area contributed by atoms with Gasteiger partial charge in [-0.25, -0.2) is 4.79 Å². The first-order chi connectivity index (χ1) is 11.6. The van der Waals surface area contributed by atoms with E-state index >= 15 is 0 Å². The number of carboxylic acids is 1. The maximum absolute atomic E-state index is 12.8. The summed E-state index contributed by atoms with van der Waals surface area (Å²) in [5, 5.41) is 10.5. The SMILES string of the molecule is CCN(C1CCCC1)C(C(=O)O)(c1ccco1)C1(CC)C=CC=N1. The van der Waals surface area contributed by atoms with E-state index in [-0.39, 0.29) is 6.04 Å². The van der Waals surface area contributed by atoms with Crippen molar-refractivity contribution >= 4 is 12.2 Å². The fourth-order valence-electron chi connectivity index (χ4n) is 4.59. The van der Waals surface area contributed by atoms with Gasteiger partial charge in [0.25, 0.3) is 0 Å². The minimum atomic E-state index is -1.32. The summed E-state index contributed by atoms with van der Waals surface area (Å²) in [6.45, 7) is 4.67. The minimum Gasteiger partial charge on any atom is -0.479 e. The summed E-state index contributed by atoms with van der Waals surface area (Å²) >= 11 is 0. The topological polar surface area (TPSA) is 66.0 Å². The Morgan fingerprint density at radius 3 is 2.67 bits per heavy atom. The molecule has 1 fully saturated rings. The van der Waals surface area contributed by atoms with Crippen molar-refractivity contribution in [3.8, 4) is 0 Å². The van der Waals surface area contributed by atoms with E-state index in [1.54, 1.807) is 24.6 Å². The third kappa shape index (κ3) is 2.25. The molecule has 2 atom stereocenters. The van der Waals surface area contributed by atoms with Crippen molar-refractivity contribution in [1.82, 2.24) is 4.90 Å². The predicted molar refractivity (Wildman–Crippen MR) is 93.3 cm³/mol. The van der Waals surface area contributed by atoms with E-state index < -0.39 is 17.0 Å². The van der Waals surface area contributed by atoms with E-state index in [2.05, 4.69) is 9.89 Å². The summed E-state index contributed by atoms with van der Waals surface area (Å²) in [6, 6.07) is 3.79. The van der Waals surface area contributed by atoms with Crippen LogP contribution < -0.4 is 0 Å². The number of aliphatic carboxylic acids is 1. The van der Waals surface area contributed by atoms with Crippen LogP contribution in [-0.4, -0.2) is 40.3 Å². The quantitative estimate of drug-likeness (QED) is 0.829. The number of hydrogen-bond acceptors (Lipinski definition) is 4. The first-order valence-corrected chi connectivity index (χ1v) is 8.89. The molecule has 1 aliphatic heterocycles. The Morgan fingerprint density at radius 2 is 2.21 bits per heavy atom. The highest BCUT2D eigenvalue weighted by Gasteiger charge is 2.63. The van der Waals surface area contributed by atoms with Crippen LogP contribution >= 0.6 is 0 Å². The second kappa shape index (κ2) is 6.55. The van der Waals surface area contributed by atoms with Crippen LogP contribution in [-0.2, 0) is 10.3 Å². The molecule has 5 nitrogen and oxygen atoms in total. The van der Waals surface area contributed by atoms with Crippen LogP contribution in [0, 0.1) is 0 Å². The average molecular weight is 330 g/mol. The normalized spacial score (nSPS) is 26.3. The molecule has 2 heterocycles. The molecule has 1 aromatic rings. The lowest BCUT2D eigenvalue weighted by Gasteiger charge is -2.50. The highest BCUT2D eigenvalue weighted by Crippen LogP contribution is 2.48. The summed E-state index contributed by atoms with van der Waals surface area (Å²) in [5.74, 6) is -0.425. The molecular formula is C19H26N2O3. The van der Waals surface area contributed by atoms with Crippen LogP contribution in [0.25, 0.3) is 0 Å². The van der Waals surface area contributed by atoms with Crippen molar-refractivity contribution in [2.24, 2.45) is 4.99 Å². The Kier molecular flexibility index (Phi) is 4.63. The third-order valence-corrected chi connectivity index (χ3v) is 5.65. The smallest absolute Gasteiger partial charge is 0.335 e. The van der Waals surface area contributed by atoms with Crippen LogP contribution in [0.15, 0.2) is 40.0 Å². The number of aliphatic imine (C=N–C) groups is 1. The zero-order valence-corrected chi connectivity index (χ0v) is 14.4. The van der Waals surface area contributed by atoms with Crippen LogP contribution in [0.4, 0.5) is 0 Å². The molecule has 130 valence electrons. The van der Waals surface area contributed by atoms with Crippen LogP contribution in [0.3, 0.4) is 0 Å². The van der Waals surface area contributed by atoms with E-state index in [4.69, 9.17) is 4.42 Å². The molecule has 0 radical (unpaired) electrons. The molecular weight excluding hydrogens is 304 g/mol. The molecule has 2 aliphatic rings. The van der Waals surface area contributed by atoms with Crippen molar-refractivity contribution in [3.05, 3.63) is 36.3 Å². The van der Waals surface area contributed by atoms with Crippen molar-refractivity contribution < 1.29 is 14.3 Å². The zero-order valence-electron chi connectivity index (χ0n) is 14.4. The summed E-state index contributed by atoms with van der Waals surface area (Å²) < 4.78 is 5.71. The number of carboxylic acid groups (broad SMARTS) is 1. The zero-order chi connectivity index (χ0) is 17.2. The Labute approximate surface area is 143 Å². The van der Waals surface area contributed by atoms with Gasteiger partial charge in [0.15, 0.2) is 0 Å². The van der Waals surface area contributed by atoms with Gasteiger partial charge in [-0.3, -0.25) is 9.89 Å². The monoisotopic (exact) mass is 330 g/mol. The molecule has 0 bridgehead atoms. The predicted octanol–water partition coefficient (Wildman–Crippen LogP) is 3.61. The van der Waals surface area contributed by atoms with Gasteiger partial charge in [0.2, 0.25) is 5.54 Å². The van der Waals surface area contributed by atoms with Gasteiger partial charge in [-0.15, -0.1) is 0 Å². The maximum atomic E-state index is 12.8. The third-order valence-electron chi connectivity index (χ3n) is 5.65. The Balaban J connectivity index is 2.24. The highest BCUT2D eigenvalue weighted by atomic mass is 16.4. The number of allylic oxidation sites excluding steroid dienone is 1.